The molecule has 0 spiro atoms. The third-order valence-electron chi connectivity index (χ3n) is 2.89. The second-order valence-electron chi connectivity index (χ2n) is 4.34. The Morgan fingerprint density at radius 1 is 1.50 bits per heavy atom. The molecule has 0 amide bonds. The third kappa shape index (κ3) is 2.19. The summed E-state index contributed by atoms with van der Waals surface area (Å²) >= 11 is 3.40. The van der Waals surface area contributed by atoms with E-state index in [-0.39, 0.29) is 6.04 Å². The lowest BCUT2D eigenvalue weighted by Gasteiger charge is -2.18. The normalized spacial score (nSPS) is 30.6. The third-order valence-corrected chi connectivity index (χ3v) is 3.42. The number of aldehydes is 1. The first-order valence-electron chi connectivity index (χ1n) is 5.18. The number of carbonyl (C=O) groups excluding carboxylic acids is 1. The number of hydrogen-bond donors (Lipinski definition) is 0. The highest BCUT2D eigenvalue weighted by molar-refractivity contribution is 9.10. The van der Waals surface area contributed by atoms with Gasteiger partial charge in [0.2, 0.25) is 0 Å². The zero-order valence-corrected chi connectivity index (χ0v) is 10.9. The van der Waals surface area contributed by atoms with Gasteiger partial charge < -0.3 is 4.79 Å². The number of carbonyl (C=O) groups is 1. The van der Waals surface area contributed by atoms with E-state index in [4.69, 9.17) is 4.84 Å². The van der Waals surface area contributed by atoms with Crippen molar-refractivity contribution in [1.29, 1.82) is 0 Å². The van der Waals surface area contributed by atoms with Crippen LogP contribution in [0.1, 0.15) is 24.9 Å². The Morgan fingerprint density at radius 3 is 2.62 bits per heavy atom. The molecule has 2 rings (SSSR count). The molecule has 1 heterocycles. The number of hydrogen-bond acceptors (Lipinski definition) is 3. The maximum atomic E-state index is 10.9. The van der Waals surface area contributed by atoms with Crippen LogP contribution in [0.3, 0.4) is 0 Å². The lowest BCUT2D eigenvalue weighted by Crippen LogP contribution is -2.27. The van der Waals surface area contributed by atoms with Crippen LogP contribution in [0.4, 0.5) is 0 Å². The highest BCUT2D eigenvalue weighted by Crippen LogP contribution is 2.38. The fourth-order valence-corrected chi connectivity index (χ4v) is 2.29. The van der Waals surface area contributed by atoms with E-state index < -0.39 is 5.60 Å². The Labute approximate surface area is 103 Å². The van der Waals surface area contributed by atoms with Crippen molar-refractivity contribution in [1.82, 2.24) is 5.06 Å². The highest BCUT2D eigenvalue weighted by atomic mass is 79.9. The molecule has 0 saturated carbocycles. The minimum Gasteiger partial charge on any atom is -0.300 e. The zero-order valence-electron chi connectivity index (χ0n) is 9.31. The molecule has 1 fully saturated rings. The average molecular weight is 284 g/mol. The van der Waals surface area contributed by atoms with Gasteiger partial charge in [-0.15, -0.1) is 0 Å². The predicted molar refractivity (Wildman–Crippen MR) is 64.8 cm³/mol. The van der Waals surface area contributed by atoms with Gasteiger partial charge in [-0.2, -0.15) is 5.06 Å². The van der Waals surface area contributed by atoms with E-state index in [1.807, 2.05) is 38.2 Å². The lowest BCUT2D eigenvalue weighted by atomic mass is 9.95. The molecule has 4 heteroatoms. The molecule has 0 unspecified atom stereocenters. The van der Waals surface area contributed by atoms with E-state index in [9.17, 15) is 4.79 Å². The van der Waals surface area contributed by atoms with Crippen LogP contribution >= 0.6 is 15.9 Å². The molecule has 1 aromatic carbocycles. The highest BCUT2D eigenvalue weighted by Gasteiger charge is 2.41. The molecule has 16 heavy (non-hydrogen) atoms. The molecule has 1 aliphatic heterocycles. The minimum atomic E-state index is -0.688. The molecule has 3 nitrogen and oxygen atoms in total. The van der Waals surface area contributed by atoms with E-state index in [0.717, 1.165) is 16.3 Å². The molecule has 2 atom stereocenters. The molecular formula is C12H14BrNO2. The van der Waals surface area contributed by atoms with Crippen molar-refractivity contribution in [3.05, 3.63) is 34.3 Å². The Kier molecular flexibility index (Phi) is 3.15. The summed E-state index contributed by atoms with van der Waals surface area (Å²) in [5.74, 6) is 0. The summed E-state index contributed by atoms with van der Waals surface area (Å²) in [6, 6.07) is 8.23. The van der Waals surface area contributed by atoms with Crippen molar-refractivity contribution >= 4 is 22.2 Å². The maximum absolute atomic E-state index is 10.9. The van der Waals surface area contributed by atoms with Crippen molar-refractivity contribution in [2.45, 2.75) is 25.0 Å². The molecule has 1 aromatic rings. The Hall–Kier alpha value is -0.710. The molecule has 86 valence electrons. The largest absolute Gasteiger partial charge is 0.300 e. The summed E-state index contributed by atoms with van der Waals surface area (Å²) in [7, 11) is 1.86. The van der Waals surface area contributed by atoms with Gasteiger partial charge in [-0.1, -0.05) is 28.1 Å². The predicted octanol–water partition coefficient (Wildman–Crippen LogP) is 2.71. The van der Waals surface area contributed by atoms with Gasteiger partial charge in [-0.3, -0.25) is 4.84 Å². The number of benzene rings is 1. The van der Waals surface area contributed by atoms with Crippen molar-refractivity contribution in [3.8, 4) is 0 Å². The summed E-state index contributed by atoms with van der Waals surface area (Å²) in [4.78, 5) is 16.5. The maximum Gasteiger partial charge on any atom is 0.153 e. The van der Waals surface area contributed by atoms with Crippen LogP contribution in [-0.2, 0) is 9.63 Å². The second kappa shape index (κ2) is 4.28. The summed E-state index contributed by atoms with van der Waals surface area (Å²) < 4.78 is 1.05. The van der Waals surface area contributed by atoms with Gasteiger partial charge in [0.25, 0.3) is 0 Å². The first kappa shape index (κ1) is 11.8. The van der Waals surface area contributed by atoms with Crippen LogP contribution in [0.5, 0.6) is 0 Å². The molecular weight excluding hydrogens is 270 g/mol. The quantitative estimate of drug-likeness (QED) is 0.782. The van der Waals surface area contributed by atoms with Gasteiger partial charge in [0.05, 0.1) is 6.04 Å². The second-order valence-corrected chi connectivity index (χ2v) is 5.26. The lowest BCUT2D eigenvalue weighted by molar-refractivity contribution is -0.182. The molecule has 1 saturated heterocycles. The number of rotatable bonds is 2. The molecule has 1 aliphatic rings. The van der Waals surface area contributed by atoms with Gasteiger partial charge >= 0.3 is 0 Å². The van der Waals surface area contributed by atoms with E-state index in [1.165, 1.54) is 0 Å². The zero-order chi connectivity index (χ0) is 11.8. The molecule has 0 bridgehead atoms. The smallest absolute Gasteiger partial charge is 0.153 e. The van der Waals surface area contributed by atoms with Crippen LogP contribution in [0.15, 0.2) is 28.7 Å². The van der Waals surface area contributed by atoms with Gasteiger partial charge in [0.1, 0.15) is 5.60 Å². The van der Waals surface area contributed by atoms with Crippen molar-refractivity contribution in [2.24, 2.45) is 0 Å². The van der Waals surface area contributed by atoms with Crippen molar-refractivity contribution in [3.63, 3.8) is 0 Å². The fourth-order valence-electron chi connectivity index (χ4n) is 2.02. The number of nitrogens with zero attached hydrogens (tertiary/aromatic N) is 1. The van der Waals surface area contributed by atoms with Gasteiger partial charge in [-0.05, 0) is 24.6 Å². The first-order chi connectivity index (χ1) is 7.54. The standard InChI is InChI=1S/C12H14BrNO2/c1-12(8-15)7-11(14(2)16-12)9-3-5-10(13)6-4-9/h3-6,8,11H,7H2,1-2H3/t11-,12-/m0/s1. The number of hydroxylamine groups is 2. The molecule has 0 aromatic heterocycles. The summed E-state index contributed by atoms with van der Waals surface area (Å²) in [6.45, 7) is 1.81. The minimum absolute atomic E-state index is 0.142. The summed E-state index contributed by atoms with van der Waals surface area (Å²) in [5.41, 5.74) is 0.475. The van der Waals surface area contributed by atoms with E-state index in [1.54, 1.807) is 5.06 Å². The van der Waals surface area contributed by atoms with Crippen molar-refractivity contribution < 1.29 is 9.63 Å². The molecule has 0 N–H and O–H groups in total. The summed E-state index contributed by atoms with van der Waals surface area (Å²) in [5, 5.41) is 1.76. The average Bonchev–Trinajstić information content (AvgIpc) is 2.57. The van der Waals surface area contributed by atoms with Gasteiger partial charge in [-0.25, -0.2) is 0 Å². The topological polar surface area (TPSA) is 29.5 Å². The van der Waals surface area contributed by atoms with E-state index in [2.05, 4.69) is 15.9 Å². The fraction of sp³-hybridized carbons (Fsp3) is 0.417. The van der Waals surface area contributed by atoms with Crippen LogP contribution in [0.25, 0.3) is 0 Å². The Balaban J connectivity index is 2.23. The molecule has 0 aliphatic carbocycles. The van der Waals surface area contributed by atoms with Crippen molar-refractivity contribution in [2.75, 3.05) is 7.05 Å². The van der Waals surface area contributed by atoms with Gasteiger partial charge in [0.15, 0.2) is 6.29 Å². The SMILES string of the molecule is CN1O[C@](C)(C=O)C[C@H]1c1ccc(Br)cc1. The van der Waals surface area contributed by atoms with Crippen LogP contribution in [-0.4, -0.2) is 24.0 Å². The van der Waals surface area contributed by atoms with E-state index >= 15 is 0 Å². The number of halogens is 1. The first-order valence-corrected chi connectivity index (χ1v) is 5.97. The summed E-state index contributed by atoms with van der Waals surface area (Å²) in [6.07, 6.45) is 1.57. The van der Waals surface area contributed by atoms with Gasteiger partial charge in [0, 0.05) is 17.9 Å². The van der Waals surface area contributed by atoms with Crippen LogP contribution in [0, 0.1) is 0 Å². The Bertz CT molecular complexity index is 393. The monoisotopic (exact) mass is 283 g/mol. The van der Waals surface area contributed by atoms with Crippen LogP contribution < -0.4 is 0 Å². The Morgan fingerprint density at radius 2 is 2.12 bits per heavy atom. The van der Waals surface area contributed by atoms with Crippen LogP contribution in [0.2, 0.25) is 0 Å². The molecule has 0 radical (unpaired) electrons. The van der Waals surface area contributed by atoms with E-state index in [0.29, 0.717) is 6.42 Å².